The number of thioether (sulfide) groups is 1. The summed E-state index contributed by atoms with van der Waals surface area (Å²) >= 11 is 2.00. The maximum atomic E-state index is 12.3. The van der Waals surface area contributed by atoms with Crippen LogP contribution in [0.4, 0.5) is 0 Å². The van der Waals surface area contributed by atoms with Gasteiger partial charge in [0, 0.05) is 12.5 Å². The number of ketones is 1. The number of nitrogens with two attached hydrogens (primary N) is 1. The van der Waals surface area contributed by atoms with Gasteiger partial charge in [0.2, 0.25) is 0 Å². The van der Waals surface area contributed by atoms with Crippen molar-refractivity contribution in [3.63, 3.8) is 0 Å². The van der Waals surface area contributed by atoms with Gasteiger partial charge in [0.05, 0.1) is 11.6 Å². The van der Waals surface area contributed by atoms with Crippen LogP contribution in [0.1, 0.15) is 45.4 Å². The first kappa shape index (κ1) is 14.4. The third-order valence-electron chi connectivity index (χ3n) is 4.26. The third kappa shape index (κ3) is 3.28. The number of ether oxygens (including phenoxy) is 1. The number of hydrogen-bond acceptors (Lipinski definition) is 4. The largest absolute Gasteiger partial charge is 0.375 e. The predicted molar refractivity (Wildman–Crippen MR) is 75.9 cm³/mol. The van der Waals surface area contributed by atoms with Crippen molar-refractivity contribution in [2.24, 2.45) is 11.7 Å². The van der Waals surface area contributed by atoms with E-state index in [1.807, 2.05) is 11.8 Å². The standard InChI is InChI=1S/C14H25NO2S/c1-2-3-12(15)13(16)11-4-7-17-14(10-11)5-8-18-9-6-14/h11-12H,2-10,15H2,1H3. The maximum Gasteiger partial charge on any atom is 0.152 e. The second-order valence-electron chi connectivity index (χ2n) is 5.63. The lowest BCUT2D eigenvalue weighted by molar-refractivity contribution is -0.139. The Bertz CT molecular complexity index is 284. The van der Waals surface area contributed by atoms with Crippen LogP contribution >= 0.6 is 11.8 Å². The van der Waals surface area contributed by atoms with E-state index in [0.717, 1.165) is 45.1 Å². The van der Waals surface area contributed by atoms with Gasteiger partial charge < -0.3 is 10.5 Å². The minimum absolute atomic E-state index is 0.00421. The molecule has 2 heterocycles. The Morgan fingerprint density at radius 3 is 2.89 bits per heavy atom. The number of Topliss-reactive ketones (excluding diaryl/α,β-unsaturated/α-hetero) is 1. The van der Waals surface area contributed by atoms with Crippen molar-refractivity contribution in [1.29, 1.82) is 0 Å². The summed E-state index contributed by atoms with van der Waals surface area (Å²) in [5.74, 6) is 2.75. The van der Waals surface area contributed by atoms with Crippen molar-refractivity contribution in [1.82, 2.24) is 0 Å². The fraction of sp³-hybridized carbons (Fsp3) is 0.929. The van der Waals surface area contributed by atoms with Crippen molar-refractivity contribution >= 4 is 17.5 Å². The van der Waals surface area contributed by atoms with E-state index in [1.54, 1.807) is 0 Å². The molecule has 2 aliphatic rings. The van der Waals surface area contributed by atoms with Crippen LogP contribution in [-0.4, -0.2) is 35.5 Å². The van der Waals surface area contributed by atoms with Crippen molar-refractivity contribution in [2.45, 2.75) is 57.1 Å². The zero-order valence-corrected chi connectivity index (χ0v) is 12.1. The minimum Gasteiger partial charge on any atom is -0.375 e. The molecule has 2 atom stereocenters. The smallest absolute Gasteiger partial charge is 0.152 e. The molecule has 0 amide bonds. The first-order valence-corrected chi connectivity index (χ1v) is 8.33. The fourth-order valence-corrected chi connectivity index (χ4v) is 4.36. The quantitative estimate of drug-likeness (QED) is 0.853. The topological polar surface area (TPSA) is 52.3 Å². The average Bonchev–Trinajstić information content (AvgIpc) is 2.39. The Morgan fingerprint density at radius 2 is 2.22 bits per heavy atom. The molecule has 104 valence electrons. The molecule has 0 saturated carbocycles. The SMILES string of the molecule is CCCC(N)C(=O)C1CCOC2(CCSCC2)C1. The molecule has 0 aromatic rings. The van der Waals surface area contributed by atoms with Gasteiger partial charge in [-0.15, -0.1) is 0 Å². The van der Waals surface area contributed by atoms with Crippen LogP contribution < -0.4 is 5.73 Å². The number of rotatable bonds is 4. The molecular formula is C14H25NO2S. The van der Waals surface area contributed by atoms with Crippen LogP contribution in [0.3, 0.4) is 0 Å². The molecule has 0 radical (unpaired) electrons. The second-order valence-corrected chi connectivity index (χ2v) is 6.86. The van der Waals surface area contributed by atoms with Gasteiger partial charge in [-0.25, -0.2) is 0 Å². The van der Waals surface area contributed by atoms with E-state index in [4.69, 9.17) is 10.5 Å². The molecule has 2 N–H and O–H groups in total. The summed E-state index contributed by atoms with van der Waals surface area (Å²) in [4.78, 5) is 12.3. The van der Waals surface area contributed by atoms with E-state index >= 15 is 0 Å². The van der Waals surface area contributed by atoms with Crippen LogP contribution in [0.25, 0.3) is 0 Å². The normalized spacial score (nSPS) is 29.1. The summed E-state index contributed by atoms with van der Waals surface area (Å²) in [5, 5.41) is 0. The molecule has 1 spiro atoms. The summed E-state index contributed by atoms with van der Waals surface area (Å²) in [6.45, 7) is 2.82. The zero-order chi connectivity index (χ0) is 13.0. The van der Waals surface area contributed by atoms with Gasteiger partial charge in [-0.3, -0.25) is 4.79 Å². The lowest BCUT2D eigenvalue weighted by Crippen LogP contribution is -2.47. The fourth-order valence-electron chi connectivity index (χ4n) is 3.12. The Balaban J connectivity index is 1.95. The van der Waals surface area contributed by atoms with Crippen LogP contribution in [0.5, 0.6) is 0 Å². The second kappa shape index (κ2) is 6.40. The van der Waals surface area contributed by atoms with Gasteiger partial charge in [0.1, 0.15) is 0 Å². The minimum atomic E-state index is -0.256. The molecule has 0 bridgehead atoms. The molecule has 4 heteroatoms. The highest BCUT2D eigenvalue weighted by Crippen LogP contribution is 2.40. The molecule has 0 aromatic carbocycles. The molecule has 2 aliphatic heterocycles. The molecular weight excluding hydrogens is 246 g/mol. The van der Waals surface area contributed by atoms with Gasteiger partial charge >= 0.3 is 0 Å². The number of carbonyl (C=O) groups is 1. The predicted octanol–water partition coefficient (Wildman–Crippen LogP) is 2.38. The van der Waals surface area contributed by atoms with E-state index in [0.29, 0.717) is 0 Å². The highest BCUT2D eigenvalue weighted by Gasteiger charge is 2.41. The molecule has 0 aromatic heterocycles. The Morgan fingerprint density at radius 1 is 1.50 bits per heavy atom. The van der Waals surface area contributed by atoms with Crippen LogP contribution in [0, 0.1) is 5.92 Å². The highest BCUT2D eigenvalue weighted by atomic mass is 32.2. The van der Waals surface area contributed by atoms with Crippen molar-refractivity contribution in [3.05, 3.63) is 0 Å². The molecule has 2 unspecified atom stereocenters. The summed E-state index contributed by atoms with van der Waals surface area (Å²) in [5.41, 5.74) is 5.98. The molecule has 2 fully saturated rings. The first-order valence-electron chi connectivity index (χ1n) is 7.18. The van der Waals surface area contributed by atoms with Gasteiger partial charge in [-0.2, -0.15) is 11.8 Å². The Labute approximate surface area is 114 Å². The van der Waals surface area contributed by atoms with Crippen molar-refractivity contribution in [3.8, 4) is 0 Å². The van der Waals surface area contributed by atoms with E-state index in [1.165, 1.54) is 11.5 Å². The molecule has 3 nitrogen and oxygen atoms in total. The van der Waals surface area contributed by atoms with E-state index in [-0.39, 0.29) is 23.3 Å². The van der Waals surface area contributed by atoms with Gasteiger partial charge in [0.25, 0.3) is 0 Å². The van der Waals surface area contributed by atoms with E-state index in [2.05, 4.69) is 6.92 Å². The van der Waals surface area contributed by atoms with Crippen molar-refractivity contribution < 1.29 is 9.53 Å². The van der Waals surface area contributed by atoms with Gasteiger partial charge in [-0.1, -0.05) is 13.3 Å². The number of carbonyl (C=O) groups excluding carboxylic acids is 1. The summed E-state index contributed by atoms with van der Waals surface area (Å²) in [6, 6.07) is -0.256. The zero-order valence-electron chi connectivity index (χ0n) is 11.3. The molecule has 2 rings (SSSR count). The summed E-state index contributed by atoms with van der Waals surface area (Å²) in [7, 11) is 0. The third-order valence-corrected chi connectivity index (χ3v) is 5.25. The average molecular weight is 271 g/mol. The molecule has 2 saturated heterocycles. The van der Waals surface area contributed by atoms with Gasteiger partial charge in [-0.05, 0) is 43.6 Å². The Kier molecular flexibility index (Phi) is 5.10. The van der Waals surface area contributed by atoms with E-state index in [9.17, 15) is 4.79 Å². The summed E-state index contributed by atoms with van der Waals surface area (Å²) < 4.78 is 6.02. The van der Waals surface area contributed by atoms with E-state index < -0.39 is 0 Å². The van der Waals surface area contributed by atoms with Gasteiger partial charge in [0.15, 0.2) is 5.78 Å². The van der Waals surface area contributed by atoms with Crippen LogP contribution in [-0.2, 0) is 9.53 Å². The monoisotopic (exact) mass is 271 g/mol. The van der Waals surface area contributed by atoms with Crippen LogP contribution in [0.2, 0.25) is 0 Å². The lowest BCUT2D eigenvalue weighted by Gasteiger charge is -2.43. The highest BCUT2D eigenvalue weighted by molar-refractivity contribution is 7.99. The Hall–Kier alpha value is -0.0600. The summed E-state index contributed by atoms with van der Waals surface area (Å²) in [6.07, 6.45) is 5.78. The van der Waals surface area contributed by atoms with Crippen molar-refractivity contribution in [2.75, 3.05) is 18.1 Å². The first-order chi connectivity index (χ1) is 8.67. The molecule has 18 heavy (non-hydrogen) atoms. The van der Waals surface area contributed by atoms with Crippen LogP contribution in [0.15, 0.2) is 0 Å². The number of hydrogen-bond donors (Lipinski definition) is 1. The molecule has 0 aliphatic carbocycles. The lowest BCUT2D eigenvalue weighted by atomic mass is 9.78. The maximum absolute atomic E-state index is 12.3.